The fraction of sp³-hybridized carbons (Fsp3) is 0.222. The molecule has 0 saturated carbocycles. The van der Waals surface area contributed by atoms with Crippen LogP contribution in [0.25, 0.3) is 0 Å². The number of nitrogens with zero attached hydrogens (tertiary/aromatic N) is 3. The van der Waals surface area contributed by atoms with Gasteiger partial charge in [0.25, 0.3) is 5.91 Å². The molecule has 2 aromatic heterocycles. The van der Waals surface area contributed by atoms with Crippen LogP contribution in [0.2, 0.25) is 0 Å². The Balaban J connectivity index is 1.21. The van der Waals surface area contributed by atoms with Crippen molar-refractivity contribution in [3.63, 3.8) is 0 Å². The van der Waals surface area contributed by atoms with E-state index in [9.17, 15) is 4.79 Å². The van der Waals surface area contributed by atoms with E-state index in [1.165, 1.54) is 16.7 Å². The lowest BCUT2D eigenvalue weighted by Gasteiger charge is -2.18. The Hall–Kier alpha value is -3.97. The number of benzene rings is 2. The van der Waals surface area contributed by atoms with Gasteiger partial charge in [0, 0.05) is 30.2 Å². The van der Waals surface area contributed by atoms with Crippen LogP contribution in [0.3, 0.4) is 0 Å². The molecule has 4 aromatic rings. The Morgan fingerprint density at radius 2 is 1.82 bits per heavy atom. The molecule has 7 heteroatoms. The highest BCUT2D eigenvalue weighted by Gasteiger charge is 2.42. The van der Waals surface area contributed by atoms with E-state index in [0.29, 0.717) is 17.9 Å². The number of amides is 1. The van der Waals surface area contributed by atoms with Gasteiger partial charge in [-0.15, -0.1) is 0 Å². The summed E-state index contributed by atoms with van der Waals surface area (Å²) in [4.78, 5) is 17.3. The fourth-order valence-electron chi connectivity index (χ4n) is 5.14. The van der Waals surface area contributed by atoms with Crippen LogP contribution in [0.15, 0.2) is 60.9 Å². The van der Waals surface area contributed by atoms with E-state index in [-0.39, 0.29) is 18.1 Å². The van der Waals surface area contributed by atoms with Crippen molar-refractivity contribution in [3.05, 3.63) is 111 Å². The van der Waals surface area contributed by atoms with Gasteiger partial charge < -0.3 is 15.8 Å². The summed E-state index contributed by atoms with van der Waals surface area (Å²) in [5, 5.41) is 7.33. The lowest BCUT2D eigenvalue weighted by atomic mass is 9.84. The molecule has 1 amide bonds. The van der Waals surface area contributed by atoms with Gasteiger partial charge in [-0.05, 0) is 77.1 Å². The van der Waals surface area contributed by atoms with Crippen LogP contribution in [0.1, 0.15) is 67.2 Å². The van der Waals surface area contributed by atoms with Crippen molar-refractivity contribution in [1.82, 2.24) is 20.1 Å². The average molecular weight is 452 g/mol. The maximum Gasteiger partial charge on any atom is 0.251 e. The summed E-state index contributed by atoms with van der Waals surface area (Å²) in [5.74, 6) is 0.378. The molecule has 0 unspecified atom stereocenters. The highest BCUT2D eigenvalue weighted by Crippen LogP contribution is 2.54. The molecule has 3 N–H and O–H groups in total. The Kier molecular flexibility index (Phi) is 4.74. The predicted octanol–water partition coefficient (Wildman–Crippen LogP) is 3.98. The molecule has 4 heterocycles. The van der Waals surface area contributed by atoms with E-state index in [1.54, 1.807) is 6.20 Å². The lowest BCUT2D eigenvalue weighted by molar-refractivity contribution is 0.0857. The van der Waals surface area contributed by atoms with Crippen molar-refractivity contribution in [1.29, 1.82) is 0 Å². The van der Waals surface area contributed by atoms with Crippen LogP contribution in [0, 0.1) is 13.8 Å². The molecule has 2 atom stereocenters. The number of nitrogens with two attached hydrogens (primary N) is 1. The van der Waals surface area contributed by atoms with Gasteiger partial charge in [0.2, 0.25) is 0 Å². The number of carbonyl (C=O) groups is 1. The number of hydrogen-bond acceptors (Lipinski definition) is 5. The number of ether oxygens (including phenoxy) is 1. The lowest BCUT2D eigenvalue weighted by Crippen LogP contribution is -2.24. The number of nitrogen functional groups attached to an aromatic ring is 1. The summed E-state index contributed by atoms with van der Waals surface area (Å²) in [6, 6.07) is 16.1. The number of hydrogen-bond donors (Lipinski definition) is 2. The first-order valence-corrected chi connectivity index (χ1v) is 11.4. The van der Waals surface area contributed by atoms with Gasteiger partial charge >= 0.3 is 0 Å². The molecule has 2 aromatic carbocycles. The zero-order valence-electron chi connectivity index (χ0n) is 19.1. The van der Waals surface area contributed by atoms with Crippen LogP contribution in [-0.2, 0) is 17.8 Å². The second kappa shape index (κ2) is 7.81. The molecule has 0 radical (unpaired) electrons. The van der Waals surface area contributed by atoms with E-state index < -0.39 is 0 Å². The first kappa shape index (κ1) is 20.6. The number of carbonyl (C=O) groups excluding carboxylic acids is 1. The van der Waals surface area contributed by atoms with E-state index in [4.69, 9.17) is 10.5 Å². The number of nitrogens with one attached hydrogen (secondary N) is 1. The number of aromatic nitrogens is 3. The zero-order chi connectivity index (χ0) is 23.4. The monoisotopic (exact) mass is 451 g/mol. The minimum atomic E-state index is -0.132. The molecule has 7 nitrogen and oxygen atoms in total. The predicted molar refractivity (Wildman–Crippen MR) is 128 cm³/mol. The summed E-state index contributed by atoms with van der Waals surface area (Å²) >= 11 is 0. The molecular formula is C27H25N5O2. The van der Waals surface area contributed by atoms with E-state index >= 15 is 0 Å². The molecule has 6 rings (SSSR count). The molecule has 2 aliphatic heterocycles. The van der Waals surface area contributed by atoms with Gasteiger partial charge in [-0.2, -0.15) is 5.10 Å². The fourth-order valence-corrected chi connectivity index (χ4v) is 5.14. The summed E-state index contributed by atoms with van der Waals surface area (Å²) < 4.78 is 8.25. The smallest absolute Gasteiger partial charge is 0.251 e. The highest BCUT2D eigenvalue weighted by atomic mass is 16.5. The second-order valence-electron chi connectivity index (χ2n) is 9.02. The van der Waals surface area contributed by atoms with Gasteiger partial charge in [0.05, 0.1) is 6.54 Å². The maximum atomic E-state index is 12.9. The maximum absolute atomic E-state index is 12.9. The highest BCUT2D eigenvalue weighted by molar-refractivity contribution is 5.94. The van der Waals surface area contributed by atoms with Crippen molar-refractivity contribution in [2.45, 2.75) is 39.1 Å². The van der Waals surface area contributed by atoms with Crippen molar-refractivity contribution >= 4 is 11.7 Å². The normalized spacial score (nSPS) is 17.5. The summed E-state index contributed by atoms with van der Waals surface area (Å²) in [6.07, 6.45) is 3.53. The van der Waals surface area contributed by atoms with Crippen LogP contribution < -0.4 is 11.1 Å². The van der Waals surface area contributed by atoms with Crippen molar-refractivity contribution < 1.29 is 9.53 Å². The molecule has 2 aliphatic rings. The average Bonchev–Trinajstić information content (AvgIpc) is 3.54. The molecule has 0 fully saturated rings. The summed E-state index contributed by atoms with van der Waals surface area (Å²) in [7, 11) is 0. The molecule has 0 aliphatic carbocycles. The van der Waals surface area contributed by atoms with Crippen LogP contribution in [0.5, 0.6) is 0 Å². The third-order valence-corrected chi connectivity index (χ3v) is 6.81. The van der Waals surface area contributed by atoms with Gasteiger partial charge in [0.1, 0.15) is 18.0 Å². The summed E-state index contributed by atoms with van der Waals surface area (Å²) in [5.41, 5.74) is 15.1. The molecule has 0 spiro atoms. The van der Waals surface area contributed by atoms with Crippen LogP contribution in [-0.4, -0.2) is 20.7 Å². The van der Waals surface area contributed by atoms with E-state index in [1.807, 2.05) is 55.1 Å². The van der Waals surface area contributed by atoms with E-state index in [2.05, 4.69) is 33.6 Å². The first-order valence-electron chi connectivity index (χ1n) is 11.4. The number of pyridine rings is 1. The van der Waals surface area contributed by atoms with Crippen molar-refractivity contribution in [3.8, 4) is 0 Å². The first-order chi connectivity index (χ1) is 16.5. The van der Waals surface area contributed by atoms with Crippen molar-refractivity contribution in [2.24, 2.45) is 0 Å². The van der Waals surface area contributed by atoms with Crippen LogP contribution >= 0.6 is 0 Å². The van der Waals surface area contributed by atoms with Gasteiger partial charge in [-0.1, -0.05) is 24.3 Å². The Morgan fingerprint density at radius 3 is 2.56 bits per heavy atom. The zero-order valence-corrected chi connectivity index (χ0v) is 19.1. The largest absolute Gasteiger partial charge is 0.384 e. The van der Waals surface area contributed by atoms with Crippen LogP contribution in [0.4, 0.5) is 5.82 Å². The standard InChI is InChI=1S/C27H25N5O2/c1-15-10-24(28)31-16(2)23(15)13-29-27(33)18-5-7-20-22(12-18)26-19-6-4-17(11-21(19)25(20)34-26)14-32-9-3-8-30-32/h3-12,25-26H,13-14H2,1-2H3,(H2,28,31)(H,29,33)/t25-,26-/m0/s1. The third kappa shape index (κ3) is 3.36. The van der Waals surface area contributed by atoms with Gasteiger partial charge in [0.15, 0.2) is 0 Å². The number of anilines is 1. The minimum Gasteiger partial charge on any atom is -0.384 e. The third-order valence-electron chi connectivity index (χ3n) is 6.81. The Bertz CT molecular complexity index is 1400. The topological polar surface area (TPSA) is 95.1 Å². The Morgan fingerprint density at radius 1 is 1.06 bits per heavy atom. The van der Waals surface area contributed by atoms with E-state index in [0.717, 1.165) is 34.5 Å². The second-order valence-corrected chi connectivity index (χ2v) is 9.02. The van der Waals surface area contributed by atoms with Crippen molar-refractivity contribution in [2.75, 3.05) is 5.73 Å². The Labute approximate surface area is 197 Å². The van der Waals surface area contributed by atoms with Gasteiger partial charge in [-0.3, -0.25) is 9.48 Å². The molecule has 34 heavy (non-hydrogen) atoms. The molecular weight excluding hydrogens is 426 g/mol. The van der Waals surface area contributed by atoms with Gasteiger partial charge in [-0.25, -0.2) is 4.98 Å². The summed E-state index contributed by atoms with van der Waals surface area (Å²) in [6.45, 7) is 5.03. The number of fused-ring (bicyclic) bond motifs is 8. The quantitative estimate of drug-likeness (QED) is 0.479. The SMILES string of the molecule is Cc1cc(N)nc(C)c1CNC(=O)c1ccc2c(c1)[C@H]1O[C@@H]2c2cc(Cn3cccn3)ccc21. The molecule has 0 saturated heterocycles. The minimum absolute atomic E-state index is 0.0872. The number of aryl methyl sites for hydroxylation is 2. The molecule has 170 valence electrons. The number of rotatable bonds is 5. The molecule has 2 bridgehead atoms.